The van der Waals surface area contributed by atoms with Crippen molar-refractivity contribution in [3.63, 3.8) is 0 Å². The molecule has 76 valence electrons. The normalized spacial score (nSPS) is 15.8. The van der Waals surface area contributed by atoms with E-state index in [1.54, 1.807) is 0 Å². The molecule has 3 nitrogen and oxygen atoms in total. The van der Waals surface area contributed by atoms with Crippen LogP contribution in [0.15, 0.2) is 0 Å². The van der Waals surface area contributed by atoms with Crippen molar-refractivity contribution in [2.75, 3.05) is 19.7 Å². The molecule has 0 aromatic heterocycles. The van der Waals surface area contributed by atoms with Crippen molar-refractivity contribution in [3.05, 3.63) is 0 Å². The van der Waals surface area contributed by atoms with Gasteiger partial charge in [0.2, 0.25) is 0 Å². The van der Waals surface area contributed by atoms with Crippen molar-refractivity contribution < 1.29 is 9.53 Å². The summed E-state index contributed by atoms with van der Waals surface area (Å²) in [6, 6.07) is 0. The molecular formula is C10H19NO2. The quantitative estimate of drug-likeness (QED) is 0.480. The molecule has 0 spiro atoms. The first-order chi connectivity index (χ1) is 6.33. The van der Waals surface area contributed by atoms with Gasteiger partial charge in [0, 0.05) is 0 Å². The van der Waals surface area contributed by atoms with E-state index in [9.17, 15) is 4.79 Å². The molecule has 13 heavy (non-hydrogen) atoms. The zero-order valence-electron chi connectivity index (χ0n) is 8.34. The highest BCUT2D eigenvalue weighted by atomic mass is 16.5. The van der Waals surface area contributed by atoms with Gasteiger partial charge in [-0.05, 0) is 25.3 Å². The van der Waals surface area contributed by atoms with E-state index in [0.29, 0.717) is 13.2 Å². The molecule has 0 amide bonds. The molecular weight excluding hydrogens is 166 g/mol. The molecule has 0 aliphatic heterocycles. The zero-order valence-corrected chi connectivity index (χ0v) is 8.34. The summed E-state index contributed by atoms with van der Waals surface area (Å²) in [5, 5.41) is 3.01. The minimum atomic E-state index is -0.117. The van der Waals surface area contributed by atoms with E-state index in [2.05, 4.69) is 12.2 Å². The Kier molecular flexibility index (Phi) is 4.83. The SMILES string of the molecule is CCCNCC(=O)OCCC1CC1. The topological polar surface area (TPSA) is 38.3 Å². The number of ether oxygens (including phenoxy) is 1. The van der Waals surface area contributed by atoms with E-state index in [-0.39, 0.29) is 5.97 Å². The summed E-state index contributed by atoms with van der Waals surface area (Å²) in [5.41, 5.74) is 0. The summed E-state index contributed by atoms with van der Waals surface area (Å²) in [6.07, 6.45) is 4.76. The Morgan fingerprint density at radius 3 is 2.92 bits per heavy atom. The number of carbonyl (C=O) groups excluding carboxylic acids is 1. The number of esters is 1. The first-order valence-electron chi connectivity index (χ1n) is 5.19. The molecule has 3 heteroatoms. The minimum Gasteiger partial charge on any atom is -0.465 e. The molecule has 0 aromatic rings. The molecule has 1 fully saturated rings. The van der Waals surface area contributed by atoms with E-state index in [0.717, 1.165) is 25.3 Å². The van der Waals surface area contributed by atoms with Crippen LogP contribution < -0.4 is 5.32 Å². The highest BCUT2D eigenvalue weighted by Crippen LogP contribution is 2.31. The maximum atomic E-state index is 11.0. The standard InChI is InChI=1S/C10H19NO2/c1-2-6-11-8-10(12)13-7-5-9-3-4-9/h9,11H,2-8H2,1H3. The van der Waals surface area contributed by atoms with Gasteiger partial charge in [0.15, 0.2) is 0 Å². The molecule has 0 aromatic carbocycles. The lowest BCUT2D eigenvalue weighted by molar-refractivity contribution is -0.142. The largest absolute Gasteiger partial charge is 0.465 e. The molecule has 1 N–H and O–H groups in total. The van der Waals surface area contributed by atoms with Gasteiger partial charge in [0.1, 0.15) is 0 Å². The van der Waals surface area contributed by atoms with E-state index in [1.165, 1.54) is 12.8 Å². The Morgan fingerprint density at radius 1 is 1.54 bits per heavy atom. The van der Waals surface area contributed by atoms with Gasteiger partial charge in [0.05, 0.1) is 13.2 Å². The number of hydrogen-bond donors (Lipinski definition) is 1. The van der Waals surface area contributed by atoms with Gasteiger partial charge in [0.25, 0.3) is 0 Å². The Bertz CT molecular complexity index is 155. The second kappa shape index (κ2) is 5.97. The molecule has 0 unspecified atom stereocenters. The average molecular weight is 185 g/mol. The Morgan fingerprint density at radius 2 is 2.31 bits per heavy atom. The van der Waals surface area contributed by atoms with Crippen molar-refractivity contribution in [3.8, 4) is 0 Å². The van der Waals surface area contributed by atoms with E-state index >= 15 is 0 Å². The maximum absolute atomic E-state index is 11.0. The van der Waals surface area contributed by atoms with E-state index in [1.807, 2.05) is 0 Å². The van der Waals surface area contributed by atoms with Crippen molar-refractivity contribution in [1.29, 1.82) is 0 Å². The third-order valence-electron chi connectivity index (χ3n) is 2.18. The van der Waals surface area contributed by atoms with Gasteiger partial charge >= 0.3 is 5.97 Å². The van der Waals surface area contributed by atoms with Crippen LogP contribution in [0.5, 0.6) is 0 Å². The number of hydrogen-bond acceptors (Lipinski definition) is 3. The van der Waals surface area contributed by atoms with Crippen LogP contribution in [-0.4, -0.2) is 25.7 Å². The smallest absolute Gasteiger partial charge is 0.319 e. The molecule has 0 radical (unpaired) electrons. The fourth-order valence-corrected chi connectivity index (χ4v) is 1.16. The molecule has 1 rings (SSSR count). The fourth-order valence-electron chi connectivity index (χ4n) is 1.16. The highest BCUT2D eigenvalue weighted by Gasteiger charge is 2.20. The van der Waals surface area contributed by atoms with E-state index in [4.69, 9.17) is 4.74 Å². The summed E-state index contributed by atoms with van der Waals surface area (Å²) < 4.78 is 5.04. The van der Waals surface area contributed by atoms with Crippen molar-refractivity contribution in [1.82, 2.24) is 5.32 Å². The Hall–Kier alpha value is -0.570. The molecule has 1 saturated carbocycles. The Labute approximate surface area is 79.8 Å². The third kappa shape index (κ3) is 5.64. The number of carbonyl (C=O) groups is 1. The Balaban J connectivity index is 1.84. The average Bonchev–Trinajstić information content (AvgIpc) is 2.89. The first kappa shape index (κ1) is 10.5. The molecule has 1 aliphatic carbocycles. The van der Waals surface area contributed by atoms with Crippen molar-refractivity contribution in [2.45, 2.75) is 32.6 Å². The highest BCUT2D eigenvalue weighted by molar-refractivity contribution is 5.71. The van der Waals surface area contributed by atoms with Crippen LogP contribution in [0.1, 0.15) is 32.6 Å². The summed E-state index contributed by atoms with van der Waals surface area (Å²) in [5.74, 6) is 0.727. The molecule has 0 bridgehead atoms. The second-order valence-electron chi connectivity index (χ2n) is 3.63. The van der Waals surface area contributed by atoms with Crippen LogP contribution in [0.3, 0.4) is 0 Å². The lowest BCUT2D eigenvalue weighted by Crippen LogP contribution is -2.25. The van der Waals surface area contributed by atoms with Gasteiger partial charge in [-0.2, -0.15) is 0 Å². The summed E-state index contributed by atoms with van der Waals surface area (Å²) in [6.45, 7) is 3.93. The minimum absolute atomic E-state index is 0.117. The number of rotatable bonds is 7. The van der Waals surface area contributed by atoms with E-state index < -0.39 is 0 Å². The van der Waals surface area contributed by atoms with Crippen molar-refractivity contribution in [2.24, 2.45) is 5.92 Å². The summed E-state index contributed by atoms with van der Waals surface area (Å²) in [7, 11) is 0. The predicted molar refractivity (Wildman–Crippen MR) is 51.5 cm³/mol. The van der Waals surface area contributed by atoms with Gasteiger partial charge in [-0.25, -0.2) is 0 Å². The third-order valence-corrected chi connectivity index (χ3v) is 2.18. The van der Waals surface area contributed by atoms with Gasteiger partial charge in [-0.15, -0.1) is 0 Å². The summed E-state index contributed by atoms with van der Waals surface area (Å²) >= 11 is 0. The van der Waals surface area contributed by atoms with Crippen LogP contribution >= 0.6 is 0 Å². The number of nitrogens with one attached hydrogen (secondary N) is 1. The first-order valence-corrected chi connectivity index (χ1v) is 5.19. The monoisotopic (exact) mass is 185 g/mol. The molecule has 0 saturated heterocycles. The molecule has 0 heterocycles. The maximum Gasteiger partial charge on any atom is 0.319 e. The van der Waals surface area contributed by atoms with Crippen LogP contribution in [0.2, 0.25) is 0 Å². The lowest BCUT2D eigenvalue weighted by atomic mass is 10.3. The zero-order chi connectivity index (χ0) is 9.52. The van der Waals surface area contributed by atoms with Crippen LogP contribution in [0.25, 0.3) is 0 Å². The van der Waals surface area contributed by atoms with Gasteiger partial charge in [-0.3, -0.25) is 4.79 Å². The fraction of sp³-hybridized carbons (Fsp3) is 0.900. The van der Waals surface area contributed by atoms with Gasteiger partial charge in [-0.1, -0.05) is 19.8 Å². The lowest BCUT2D eigenvalue weighted by Gasteiger charge is -2.04. The predicted octanol–water partition coefficient (Wildman–Crippen LogP) is 1.33. The van der Waals surface area contributed by atoms with Gasteiger partial charge < -0.3 is 10.1 Å². The van der Waals surface area contributed by atoms with Crippen LogP contribution in [-0.2, 0) is 9.53 Å². The molecule has 0 atom stereocenters. The van der Waals surface area contributed by atoms with Crippen molar-refractivity contribution >= 4 is 5.97 Å². The summed E-state index contributed by atoms with van der Waals surface area (Å²) in [4.78, 5) is 11.0. The van der Waals surface area contributed by atoms with Crippen LogP contribution in [0, 0.1) is 5.92 Å². The van der Waals surface area contributed by atoms with Crippen LogP contribution in [0.4, 0.5) is 0 Å². The second-order valence-corrected chi connectivity index (χ2v) is 3.63. The molecule has 1 aliphatic rings.